The van der Waals surface area contributed by atoms with Crippen LogP contribution in [0.25, 0.3) is 21.7 Å². The summed E-state index contributed by atoms with van der Waals surface area (Å²) < 4.78 is 6.21. The number of hydrogen-bond donors (Lipinski definition) is 1. The fourth-order valence-electron chi connectivity index (χ4n) is 1.41. The minimum atomic E-state index is 0.681. The summed E-state index contributed by atoms with van der Waals surface area (Å²) in [7, 11) is 0. The van der Waals surface area contributed by atoms with Crippen molar-refractivity contribution in [3.63, 3.8) is 0 Å². The Labute approximate surface area is 93.3 Å². The Balaban J connectivity index is 2.33. The lowest BCUT2D eigenvalue weighted by molar-refractivity contribution is 0.460. The van der Waals surface area contributed by atoms with E-state index in [1.165, 1.54) is 11.3 Å². The first-order valence-electron chi connectivity index (χ1n) is 4.30. The number of aromatic nitrogens is 2. The molecule has 6 heteroatoms. The summed E-state index contributed by atoms with van der Waals surface area (Å²) in [6.07, 6.45) is 0. The van der Waals surface area contributed by atoms with Gasteiger partial charge in [-0.3, -0.25) is 0 Å². The van der Waals surface area contributed by atoms with Crippen molar-refractivity contribution in [2.24, 2.45) is 0 Å². The Hall–Kier alpha value is -1.40. The number of nitrogens with two attached hydrogens (primary N) is 1. The van der Waals surface area contributed by atoms with Crippen molar-refractivity contribution in [1.29, 1.82) is 0 Å². The molecule has 0 unspecified atom stereocenters. The van der Waals surface area contributed by atoms with Crippen molar-refractivity contribution in [1.82, 2.24) is 10.1 Å². The summed E-state index contributed by atoms with van der Waals surface area (Å²) in [4.78, 5) is 5.27. The SMILES string of the molecule is Cc1sc2c(-c3cscn3)noc2c1N. The average Bonchev–Trinajstić information content (AvgIpc) is 2.87. The van der Waals surface area contributed by atoms with Gasteiger partial charge in [0.25, 0.3) is 0 Å². The Kier molecular flexibility index (Phi) is 1.80. The van der Waals surface area contributed by atoms with E-state index in [0.29, 0.717) is 11.3 Å². The molecule has 0 saturated carbocycles. The molecule has 0 saturated heterocycles. The molecular weight excluding hydrogens is 230 g/mol. The van der Waals surface area contributed by atoms with E-state index in [1.54, 1.807) is 16.8 Å². The number of aryl methyl sites for hydroxylation is 1. The van der Waals surface area contributed by atoms with Gasteiger partial charge in [0.15, 0.2) is 5.69 Å². The van der Waals surface area contributed by atoms with E-state index in [4.69, 9.17) is 10.3 Å². The minimum Gasteiger partial charge on any atom is -0.395 e. The van der Waals surface area contributed by atoms with Crippen LogP contribution in [0.1, 0.15) is 4.88 Å². The predicted molar refractivity (Wildman–Crippen MR) is 62.1 cm³/mol. The van der Waals surface area contributed by atoms with Crippen molar-refractivity contribution in [3.8, 4) is 11.4 Å². The molecule has 3 rings (SSSR count). The Morgan fingerprint density at radius 3 is 3.07 bits per heavy atom. The van der Waals surface area contributed by atoms with Gasteiger partial charge in [0.05, 0.1) is 11.2 Å². The van der Waals surface area contributed by atoms with Crippen molar-refractivity contribution in [2.75, 3.05) is 5.73 Å². The smallest absolute Gasteiger partial charge is 0.201 e. The molecule has 0 aliphatic rings. The molecule has 76 valence electrons. The molecule has 0 fully saturated rings. The fraction of sp³-hybridized carbons (Fsp3) is 0.111. The predicted octanol–water partition coefficient (Wildman–Crippen LogP) is 2.90. The summed E-state index contributed by atoms with van der Waals surface area (Å²) in [6, 6.07) is 0. The summed E-state index contributed by atoms with van der Waals surface area (Å²) in [5, 5.41) is 5.95. The summed E-state index contributed by atoms with van der Waals surface area (Å²) in [5.41, 5.74) is 10.6. The number of hydrogen-bond acceptors (Lipinski definition) is 6. The summed E-state index contributed by atoms with van der Waals surface area (Å²) in [6.45, 7) is 1.97. The Morgan fingerprint density at radius 2 is 2.33 bits per heavy atom. The summed E-state index contributed by atoms with van der Waals surface area (Å²) in [5.74, 6) is 0. The van der Waals surface area contributed by atoms with E-state index in [9.17, 15) is 0 Å². The number of rotatable bonds is 1. The van der Waals surface area contributed by atoms with Crippen LogP contribution < -0.4 is 5.73 Å². The number of thiazole rings is 1. The van der Waals surface area contributed by atoms with Crippen LogP contribution in [0.4, 0.5) is 5.69 Å². The molecule has 3 heterocycles. The second-order valence-corrected chi connectivity index (χ2v) is 5.08. The van der Waals surface area contributed by atoms with Crippen LogP contribution in [0.2, 0.25) is 0 Å². The number of nitrogen functional groups attached to an aromatic ring is 1. The number of fused-ring (bicyclic) bond motifs is 1. The lowest BCUT2D eigenvalue weighted by Crippen LogP contribution is -1.81. The molecule has 0 radical (unpaired) electrons. The van der Waals surface area contributed by atoms with Crippen molar-refractivity contribution < 1.29 is 4.52 Å². The molecule has 0 aliphatic carbocycles. The van der Waals surface area contributed by atoms with Gasteiger partial charge in [-0.15, -0.1) is 22.7 Å². The van der Waals surface area contributed by atoms with Crippen LogP contribution in [0, 0.1) is 6.92 Å². The van der Waals surface area contributed by atoms with Gasteiger partial charge in [-0.25, -0.2) is 4.98 Å². The van der Waals surface area contributed by atoms with Crippen LogP contribution in [0.5, 0.6) is 0 Å². The van der Waals surface area contributed by atoms with Crippen LogP contribution in [-0.4, -0.2) is 10.1 Å². The maximum absolute atomic E-state index is 5.86. The van der Waals surface area contributed by atoms with Crippen molar-refractivity contribution in [2.45, 2.75) is 6.92 Å². The lowest BCUT2D eigenvalue weighted by atomic mass is 10.3. The van der Waals surface area contributed by atoms with Crippen LogP contribution in [-0.2, 0) is 0 Å². The van der Waals surface area contributed by atoms with E-state index in [1.807, 2.05) is 12.3 Å². The normalized spacial score (nSPS) is 11.3. The first-order chi connectivity index (χ1) is 7.27. The zero-order valence-corrected chi connectivity index (χ0v) is 9.48. The van der Waals surface area contributed by atoms with E-state index in [0.717, 1.165) is 21.0 Å². The van der Waals surface area contributed by atoms with E-state index >= 15 is 0 Å². The van der Waals surface area contributed by atoms with Gasteiger partial charge in [0.1, 0.15) is 10.4 Å². The molecule has 4 nitrogen and oxygen atoms in total. The molecule has 0 aromatic carbocycles. The zero-order valence-electron chi connectivity index (χ0n) is 7.85. The largest absolute Gasteiger partial charge is 0.395 e. The molecule has 0 amide bonds. The van der Waals surface area contributed by atoms with Crippen LogP contribution in [0.15, 0.2) is 15.4 Å². The molecule has 15 heavy (non-hydrogen) atoms. The van der Waals surface area contributed by atoms with Crippen molar-refractivity contribution >= 4 is 38.6 Å². The third kappa shape index (κ3) is 1.18. The highest BCUT2D eigenvalue weighted by Gasteiger charge is 2.18. The Bertz CT molecular complexity index is 609. The zero-order chi connectivity index (χ0) is 10.4. The second kappa shape index (κ2) is 3.04. The molecule has 0 atom stereocenters. The molecule has 3 aromatic heterocycles. The fourth-order valence-corrected chi connectivity index (χ4v) is 2.93. The van der Waals surface area contributed by atoms with Gasteiger partial charge in [-0.05, 0) is 6.92 Å². The molecule has 2 N–H and O–H groups in total. The standard InChI is InChI=1S/C9H7N3OS2/c1-4-6(10)8-9(15-4)7(12-13-8)5-2-14-3-11-5/h2-3H,10H2,1H3. The van der Waals surface area contributed by atoms with Gasteiger partial charge in [-0.2, -0.15) is 0 Å². The number of nitrogens with zero attached hydrogens (tertiary/aromatic N) is 2. The lowest BCUT2D eigenvalue weighted by Gasteiger charge is -1.85. The van der Waals surface area contributed by atoms with Crippen molar-refractivity contribution in [3.05, 3.63) is 15.8 Å². The molecule has 0 bridgehead atoms. The van der Waals surface area contributed by atoms with E-state index in [2.05, 4.69) is 10.1 Å². The van der Waals surface area contributed by atoms with E-state index in [-0.39, 0.29) is 0 Å². The molecule has 0 aliphatic heterocycles. The summed E-state index contributed by atoms with van der Waals surface area (Å²) >= 11 is 3.13. The number of anilines is 1. The molecule has 0 spiro atoms. The highest BCUT2D eigenvalue weighted by molar-refractivity contribution is 7.20. The Morgan fingerprint density at radius 1 is 1.47 bits per heavy atom. The van der Waals surface area contributed by atoms with Crippen LogP contribution in [0.3, 0.4) is 0 Å². The minimum absolute atomic E-state index is 0.681. The highest BCUT2D eigenvalue weighted by Crippen LogP contribution is 2.38. The molecular formula is C9H7N3OS2. The van der Waals surface area contributed by atoms with Gasteiger partial charge in [0.2, 0.25) is 5.58 Å². The first-order valence-corrected chi connectivity index (χ1v) is 6.06. The maximum Gasteiger partial charge on any atom is 0.201 e. The van der Waals surface area contributed by atoms with Gasteiger partial charge in [0, 0.05) is 10.3 Å². The average molecular weight is 237 g/mol. The van der Waals surface area contributed by atoms with Crippen LogP contribution >= 0.6 is 22.7 Å². The first kappa shape index (κ1) is 8.87. The topological polar surface area (TPSA) is 64.9 Å². The van der Waals surface area contributed by atoms with Gasteiger partial charge in [-0.1, -0.05) is 5.16 Å². The van der Waals surface area contributed by atoms with E-state index < -0.39 is 0 Å². The monoisotopic (exact) mass is 237 g/mol. The third-order valence-corrected chi connectivity index (χ3v) is 3.90. The highest BCUT2D eigenvalue weighted by atomic mass is 32.1. The molecule has 3 aromatic rings. The maximum atomic E-state index is 5.86. The second-order valence-electron chi connectivity index (χ2n) is 3.14. The quantitative estimate of drug-likeness (QED) is 0.706. The van der Waals surface area contributed by atoms with Gasteiger partial charge >= 0.3 is 0 Å². The third-order valence-electron chi connectivity index (χ3n) is 2.20. The number of thiophene rings is 1. The van der Waals surface area contributed by atoms with Gasteiger partial charge < -0.3 is 10.3 Å².